The van der Waals surface area contributed by atoms with Crippen LogP contribution in [0.4, 0.5) is 10.1 Å². The summed E-state index contributed by atoms with van der Waals surface area (Å²) in [5.41, 5.74) is 1.20. The first-order valence-electron chi connectivity index (χ1n) is 5.68. The Kier molecular flexibility index (Phi) is 4.77. The van der Waals surface area contributed by atoms with Gasteiger partial charge in [-0.1, -0.05) is 12.1 Å². The summed E-state index contributed by atoms with van der Waals surface area (Å²) in [6, 6.07) is 9.75. The van der Waals surface area contributed by atoms with E-state index in [-0.39, 0.29) is 5.56 Å². The fourth-order valence-electron chi connectivity index (χ4n) is 1.70. The number of benzene rings is 2. The van der Waals surface area contributed by atoms with E-state index in [1.807, 2.05) is 18.2 Å². The second kappa shape index (κ2) is 6.37. The van der Waals surface area contributed by atoms with Crippen molar-refractivity contribution in [1.82, 2.24) is 0 Å². The Morgan fingerprint density at radius 1 is 1.20 bits per heavy atom. The Bertz CT molecular complexity index is 641. The van der Waals surface area contributed by atoms with Crippen LogP contribution in [-0.2, 0) is 6.54 Å². The molecule has 2 aromatic carbocycles. The van der Waals surface area contributed by atoms with Gasteiger partial charge in [0.15, 0.2) is 0 Å². The van der Waals surface area contributed by atoms with Gasteiger partial charge in [0.2, 0.25) is 0 Å². The van der Waals surface area contributed by atoms with E-state index in [1.165, 1.54) is 12.1 Å². The molecule has 20 heavy (non-hydrogen) atoms. The molecule has 0 saturated heterocycles. The summed E-state index contributed by atoms with van der Waals surface area (Å²) in [4.78, 5) is 10.7. The van der Waals surface area contributed by atoms with Gasteiger partial charge < -0.3 is 10.4 Å². The van der Waals surface area contributed by atoms with Gasteiger partial charge in [-0.05, 0) is 61.7 Å². The maximum atomic E-state index is 13.6. The summed E-state index contributed by atoms with van der Waals surface area (Å²) < 4.78 is 15.3. The third kappa shape index (κ3) is 3.37. The molecular weight excluding hydrogens is 393 g/mol. The number of anilines is 1. The molecule has 0 aliphatic heterocycles. The third-order valence-electron chi connectivity index (χ3n) is 2.70. The second-order valence-electron chi connectivity index (χ2n) is 4.07. The van der Waals surface area contributed by atoms with Gasteiger partial charge >= 0.3 is 5.97 Å². The molecule has 0 atom stereocenters. The molecule has 0 saturated carbocycles. The largest absolute Gasteiger partial charge is 0.478 e. The van der Waals surface area contributed by atoms with E-state index in [0.29, 0.717) is 12.1 Å². The lowest BCUT2D eigenvalue weighted by atomic mass is 10.1. The molecule has 0 heterocycles. The first-order chi connectivity index (χ1) is 9.49. The predicted molar refractivity (Wildman–Crippen MR) is 82.5 cm³/mol. The van der Waals surface area contributed by atoms with Crippen molar-refractivity contribution in [1.29, 1.82) is 0 Å². The Balaban J connectivity index is 2.16. The van der Waals surface area contributed by atoms with Crippen LogP contribution in [0.3, 0.4) is 0 Å². The summed E-state index contributed by atoms with van der Waals surface area (Å²) in [7, 11) is 0. The summed E-state index contributed by atoms with van der Waals surface area (Å²) in [5.74, 6) is -2.00. The highest BCUT2D eigenvalue weighted by Gasteiger charge is 2.10. The van der Waals surface area contributed by atoms with Crippen LogP contribution in [0.15, 0.2) is 45.3 Å². The number of carbonyl (C=O) groups is 1. The van der Waals surface area contributed by atoms with E-state index >= 15 is 0 Å². The molecule has 0 bridgehead atoms. The minimum atomic E-state index is -1.27. The van der Waals surface area contributed by atoms with Crippen molar-refractivity contribution < 1.29 is 14.3 Å². The molecule has 0 aliphatic carbocycles. The lowest BCUT2D eigenvalue weighted by Gasteiger charge is -2.11. The number of rotatable bonds is 4. The minimum absolute atomic E-state index is 0.323. The molecule has 6 heteroatoms. The first kappa shape index (κ1) is 15.0. The first-order valence-corrected chi connectivity index (χ1v) is 7.27. The van der Waals surface area contributed by atoms with Gasteiger partial charge in [-0.3, -0.25) is 0 Å². The number of hydrogen-bond acceptors (Lipinski definition) is 2. The van der Waals surface area contributed by atoms with Gasteiger partial charge in [0.1, 0.15) is 5.82 Å². The number of para-hydroxylation sites is 1. The third-order valence-corrected chi connectivity index (χ3v) is 4.02. The van der Waals surface area contributed by atoms with Crippen molar-refractivity contribution in [2.24, 2.45) is 0 Å². The van der Waals surface area contributed by atoms with Crippen molar-refractivity contribution in [3.63, 3.8) is 0 Å². The van der Waals surface area contributed by atoms with E-state index in [0.717, 1.165) is 14.6 Å². The Labute approximate surface area is 132 Å². The molecule has 2 rings (SSSR count). The van der Waals surface area contributed by atoms with E-state index in [1.54, 1.807) is 6.07 Å². The fraction of sp³-hybridized carbons (Fsp3) is 0.0714. The lowest BCUT2D eigenvalue weighted by molar-refractivity contribution is 0.0692. The fourth-order valence-corrected chi connectivity index (χ4v) is 2.98. The zero-order chi connectivity index (χ0) is 14.7. The topological polar surface area (TPSA) is 49.3 Å². The number of halogens is 3. The van der Waals surface area contributed by atoms with E-state index in [4.69, 9.17) is 5.11 Å². The van der Waals surface area contributed by atoms with Crippen LogP contribution in [0.5, 0.6) is 0 Å². The van der Waals surface area contributed by atoms with E-state index < -0.39 is 11.8 Å². The minimum Gasteiger partial charge on any atom is -0.478 e. The molecule has 0 aliphatic rings. The van der Waals surface area contributed by atoms with Crippen LogP contribution in [0.2, 0.25) is 0 Å². The van der Waals surface area contributed by atoms with Gasteiger partial charge in [-0.25, -0.2) is 9.18 Å². The number of aromatic carboxylic acids is 1. The highest BCUT2D eigenvalue weighted by Crippen LogP contribution is 2.30. The van der Waals surface area contributed by atoms with Crippen LogP contribution >= 0.6 is 31.9 Å². The highest BCUT2D eigenvalue weighted by molar-refractivity contribution is 9.11. The van der Waals surface area contributed by atoms with Gasteiger partial charge in [0, 0.05) is 15.5 Å². The normalized spacial score (nSPS) is 10.3. The highest BCUT2D eigenvalue weighted by atomic mass is 79.9. The Morgan fingerprint density at radius 3 is 2.40 bits per heavy atom. The zero-order valence-corrected chi connectivity index (χ0v) is 13.3. The zero-order valence-electron chi connectivity index (χ0n) is 10.2. The number of hydrogen-bond donors (Lipinski definition) is 2. The summed E-state index contributed by atoms with van der Waals surface area (Å²) in [6.45, 7) is 0.387. The number of nitrogens with one attached hydrogen (secondary N) is 1. The summed E-state index contributed by atoms with van der Waals surface area (Å²) >= 11 is 6.84. The SMILES string of the molecule is O=C(O)c1ccc(CNc2c(Br)cccc2Br)cc1F. The molecule has 0 amide bonds. The van der Waals surface area contributed by atoms with Crippen molar-refractivity contribution >= 4 is 43.5 Å². The monoisotopic (exact) mass is 401 g/mol. The molecule has 0 fully saturated rings. The van der Waals surface area contributed by atoms with Crippen molar-refractivity contribution in [2.75, 3.05) is 5.32 Å². The molecule has 0 radical (unpaired) electrons. The van der Waals surface area contributed by atoms with Crippen LogP contribution in [0, 0.1) is 5.82 Å². The average molecular weight is 403 g/mol. The van der Waals surface area contributed by atoms with Crippen LogP contribution in [-0.4, -0.2) is 11.1 Å². The number of carboxylic acids is 1. The molecule has 0 unspecified atom stereocenters. The Hall–Kier alpha value is -1.40. The molecule has 2 aromatic rings. The van der Waals surface area contributed by atoms with Crippen molar-refractivity contribution in [2.45, 2.75) is 6.54 Å². The van der Waals surface area contributed by atoms with Crippen molar-refractivity contribution in [3.05, 3.63) is 62.3 Å². The molecular formula is C14H10Br2FNO2. The molecule has 3 nitrogen and oxygen atoms in total. The average Bonchev–Trinajstić information content (AvgIpc) is 2.37. The van der Waals surface area contributed by atoms with E-state index in [9.17, 15) is 9.18 Å². The standard InChI is InChI=1S/C14H10Br2FNO2/c15-10-2-1-3-11(16)13(10)18-7-8-4-5-9(14(19)20)12(17)6-8/h1-6,18H,7H2,(H,19,20). The Morgan fingerprint density at radius 2 is 1.85 bits per heavy atom. The van der Waals surface area contributed by atoms with E-state index in [2.05, 4.69) is 37.2 Å². The smallest absolute Gasteiger partial charge is 0.338 e. The molecule has 0 spiro atoms. The van der Waals surface area contributed by atoms with Gasteiger partial charge in [-0.2, -0.15) is 0 Å². The van der Waals surface area contributed by atoms with Gasteiger partial charge in [0.25, 0.3) is 0 Å². The summed E-state index contributed by atoms with van der Waals surface area (Å²) in [5, 5.41) is 11.9. The predicted octanol–water partition coefficient (Wildman–Crippen LogP) is 4.66. The second-order valence-corrected chi connectivity index (χ2v) is 5.78. The van der Waals surface area contributed by atoms with Crippen LogP contribution in [0.25, 0.3) is 0 Å². The van der Waals surface area contributed by atoms with Crippen LogP contribution in [0.1, 0.15) is 15.9 Å². The number of carboxylic acid groups (broad SMARTS) is 1. The lowest BCUT2D eigenvalue weighted by Crippen LogP contribution is -2.04. The maximum Gasteiger partial charge on any atom is 0.338 e. The summed E-state index contributed by atoms with van der Waals surface area (Å²) in [6.07, 6.45) is 0. The van der Waals surface area contributed by atoms with Gasteiger partial charge in [-0.15, -0.1) is 0 Å². The van der Waals surface area contributed by atoms with Gasteiger partial charge in [0.05, 0.1) is 11.3 Å². The molecule has 104 valence electrons. The molecule has 2 N–H and O–H groups in total. The van der Waals surface area contributed by atoms with Crippen LogP contribution < -0.4 is 5.32 Å². The maximum absolute atomic E-state index is 13.6. The van der Waals surface area contributed by atoms with Crippen molar-refractivity contribution in [3.8, 4) is 0 Å². The quantitative estimate of drug-likeness (QED) is 0.781. The molecule has 0 aromatic heterocycles.